The van der Waals surface area contributed by atoms with Gasteiger partial charge in [0, 0.05) is 22.7 Å². The summed E-state index contributed by atoms with van der Waals surface area (Å²) in [5.41, 5.74) is 2.48. The van der Waals surface area contributed by atoms with Crippen LogP contribution in [0.2, 0.25) is 5.02 Å². The van der Waals surface area contributed by atoms with Gasteiger partial charge in [0.1, 0.15) is 0 Å². The molecule has 0 heterocycles. The van der Waals surface area contributed by atoms with Crippen LogP contribution in [0.5, 0.6) is 0 Å². The minimum absolute atomic E-state index is 0.250. The van der Waals surface area contributed by atoms with Crippen molar-refractivity contribution in [1.82, 2.24) is 0 Å². The Hall–Kier alpha value is 0.660. The molecule has 0 unspecified atom stereocenters. The van der Waals surface area contributed by atoms with E-state index in [1.165, 1.54) is 11.1 Å². The highest BCUT2D eigenvalue weighted by atomic mass is 35.6. The molecule has 0 aliphatic carbocycles. The third-order valence-corrected chi connectivity index (χ3v) is 1.41. The normalized spacial score (nSPS) is 8.50. The van der Waals surface area contributed by atoms with E-state index in [2.05, 4.69) is 0 Å². The van der Waals surface area contributed by atoms with Gasteiger partial charge in [0.25, 0.3) is 0 Å². The number of aliphatic hydroxyl groups excluding tert-OH is 1. The van der Waals surface area contributed by atoms with Crippen molar-refractivity contribution in [2.45, 2.75) is 11.2 Å². The maximum absolute atomic E-state index is 7.57. The van der Waals surface area contributed by atoms with Crippen LogP contribution in [0.25, 0.3) is 0 Å². The predicted molar refractivity (Wildman–Crippen MR) is 86.4 cm³/mol. The van der Waals surface area contributed by atoms with Crippen molar-refractivity contribution in [3.05, 3.63) is 46.4 Å². The molecule has 0 atom stereocenters. The van der Waals surface area contributed by atoms with Crippen molar-refractivity contribution in [2.24, 2.45) is 0 Å². The monoisotopic (exact) mass is 372 g/mol. The first-order chi connectivity index (χ1) is 8.45. The molecule has 0 saturated heterocycles. The largest absolute Gasteiger partial charge is 0.397 e. The Balaban J connectivity index is -0.000000180. The van der Waals surface area contributed by atoms with Gasteiger partial charge in [-0.05, 0) is 19.1 Å². The molecule has 7 heteroatoms. The van der Waals surface area contributed by atoms with E-state index in [1.807, 2.05) is 30.3 Å². The van der Waals surface area contributed by atoms with E-state index in [1.54, 1.807) is 6.92 Å². The number of rotatable bonds is 0. The van der Waals surface area contributed by atoms with Gasteiger partial charge < -0.3 is 5.11 Å². The summed E-state index contributed by atoms with van der Waals surface area (Å²) in [5, 5.41) is 8.36. The van der Waals surface area contributed by atoms with E-state index in [-0.39, 0.29) is 6.61 Å². The molecular weight excluding hydrogens is 361 g/mol. The number of hydrogen-bond donors (Lipinski definition) is 1. The number of hydrogen-bond acceptors (Lipinski definition) is 1. The van der Waals surface area contributed by atoms with E-state index in [4.69, 9.17) is 74.7 Å². The minimum Gasteiger partial charge on any atom is -0.397 e. The molecule has 1 aromatic rings. The molecule has 0 spiro atoms. The molecule has 0 bridgehead atoms. The summed E-state index contributed by atoms with van der Waals surface area (Å²) >= 11 is 29.7. The fourth-order valence-electron chi connectivity index (χ4n) is 0.415. The lowest BCUT2D eigenvalue weighted by atomic mass is 10.4. The molecule has 0 fully saturated rings. The van der Waals surface area contributed by atoms with Crippen LogP contribution in [0.3, 0.4) is 0 Å². The molecule has 18 heavy (non-hydrogen) atoms. The second kappa shape index (κ2) is 22.8. The number of alkyl halides is 3. The van der Waals surface area contributed by atoms with Gasteiger partial charge in [0.2, 0.25) is 0 Å². The average Bonchev–Trinajstić information content (AvgIpc) is 2.31. The summed E-state index contributed by atoms with van der Waals surface area (Å²) in [6.07, 6.45) is 0. The molecule has 0 amide bonds. The Kier molecular flexibility index (Phi) is 30.1. The Labute approximate surface area is 138 Å². The van der Waals surface area contributed by atoms with Crippen molar-refractivity contribution in [3.63, 3.8) is 0 Å². The molecule has 0 radical (unpaired) electrons. The lowest BCUT2D eigenvalue weighted by molar-refractivity contribution is 0.318. The third-order valence-electron chi connectivity index (χ3n) is 0.781. The number of aliphatic hydroxyl groups is 1. The Bertz CT molecular complexity index is 246. The summed E-state index contributed by atoms with van der Waals surface area (Å²) in [7, 11) is 0. The topological polar surface area (TPSA) is 20.2 Å². The molecule has 0 saturated carbocycles. The van der Waals surface area contributed by atoms with Crippen LogP contribution in [0.15, 0.2) is 41.4 Å². The van der Waals surface area contributed by atoms with Gasteiger partial charge in [0.15, 0.2) is 4.30 Å². The minimum atomic E-state index is -0.750. The molecule has 106 valence electrons. The lowest BCUT2D eigenvalue weighted by Crippen LogP contribution is -1.57. The van der Waals surface area contributed by atoms with Gasteiger partial charge in [-0.25, -0.2) is 0 Å². The van der Waals surface area contributed by atoms with Crippen LogP contribution in [0.1, 0.15) is 6.92 Å². The molecule has 1 nitrogen and oxygen atoms in total. The fraction of sp³-hybridized carbons (Fsp3) is 0.273. The molecule has 0 aromatic heterocycles. The zero-order chi connectivity index (χ0) is 14.8. The molecule has 1 N–H and O–H groups in total. The van der Waals surface area contributed by atoms with Gasteiger partial charge >= 0.3 is 0 Å². The second-order valence-corrected chi connectivity index (χ2v) is 5.03. The molecular formula is C11H14Cl6O. The molecule has 1 aromatic carbocycles. The van der Waals surface area contributed by atoms with Gasteiger partial charge in [-0.1, -0.05) is 87.8 Å². The quantitative estimate of drug-likeness (QED) is 0.531. The third kappa shape index (κ3) is 43.8. The number of benzene rings is 1. The van der Waals surface area contributed by atoms with E-state index >= 15 is 0 Å². The van der Waals surface area contributed by atoms with Crippen molar-refractivity contribution >= 4 is 69.6 Å². The Morgan fingerprint density at radius 2 is 1.33 bits per heavy atom. The Morgan fingerprint density at radius 3 is 1.44 bits per heavy atom. The zero-order valence-corrected chi connectivity index (χ0v) is 14.1. The standard InChI is InChI=1S/C6H5Cl.C2H2Cl2.C2H6O.CHCl3/c7-6-4-2-1-3-5-6;3-1-2-4;1-2-3;2-1(3)4/h1-5H;1-2H;3H,2H2,1H3;1H. The summed E-state index contributed by atoms with van der Waals surface area (Å²) < 4.78 is -0.750. The Morgan fingerprint density at radius 1 is 1.06 bits per heavy atom. The first kappa shape index (κ1) is 23.7. The zero-order valence-electron chi connectivity index (χ0n) is 9.54. The first-order valence-corrected chi connectivity index (χ1v) is 7.11. The second-order valence-electron chi connectivity index (χ2n) is 2.11. The van der Waals surface area contributed by atoms with Gasteiger partial charge in [0.05, 0.1) is 0 Å². The van der Waals surface area contributed by atoms with Crippen molar-refractivity contribution in [1.29, 1.82) is 0 Å². The van der Waals surface area contributed by atoms with E-state index in [0.717, 1.165) is 5.02 Å². The lowest BCUT2D eigenvalue weighted by Gasteiger charge is -1.80. The summed E-state index contributed by atoms with van der Waals surface area (Å²) in [4.78, 5) is 0. The SMILES string of the molecule is CCO.ClC(Cl)Cl.ClC=CCl.Clc1ccccc1. The van der Waals surface area contributed by atoms with Crippen LogP contribution >= 0.6 is 69.6 Å². The van der Waals surface area contributed by atoms with Crippen molar-refractivity contribution < 1.29 is 5.11 Å². The highest BCUT2D eigenvalue weighted by Gasteiger charge is 1.79. The summed E-state index contributed by atoms with van der Waals surface area (Å²) in [6, 6.07) is 9.44. The van der Waals surface area contributed by atoms with Crippen LogP contribution in [-0.4, -0.2) is 16.0 Å². The number of halogens is 6. The van der Waals surface area contributed by atoms with Gasteiger partial charge in [-0.2, -0.15) is 0 Å². The predicted octanol–water partition coefficient (Wildman–Crippen LogP) is 6.26. The highest BCUT2D eigenvalue weighted by Crippen LogP contribution is 2.04. The summed E-state index contributed by atoms with van der Waals surface area (Å²) in [5.74, 6) is 0. The van der Waals surface area contributed by atoms with Crippen molar-refractivity contribution in [2.75, 3.05) is 6.61 Å². The smallest absolute Gasteiger partial charge is 0.180 e. The van der Waals surface area contributed by atoms with Gasteiger partial charge in [-0.15, -0.1) is 0 Å². The first-order valence-electron chi connectivity index (χ1n) is 4.55. The van der Waals surface area contributed by atoms with Crippen LogP contribution in [0.4, 0.5) is 0 Å². The molecule has 0 aliphatic heterocycles. The molecule has 1 rings (SSSR count). The van der Waals surface area contributed by atoms with Gasteiger partial charge in [-0.3, -0.25) is 0 Å². The molecule has 0 aliphatic rings. The van der Waals surface area contributed by atoms with Crippen LogP contribution in [-0.2, 0) is 0 Å². The average molecular weight is 375 g/mol. The maximum Gasteiger partial charge on any atom is 0.180 e. The van der Waals surface area contributed by atoms with Crippen LogP contribution < -0.4 is 0 Å². The fourth-order valence-corrected chi connectivity index (χ4v) is 0.560. The van der Waals surface area contributed by atoms with Crippen molar-refractivity contribution in [3.8, 4) is 0 Å². The van der Waals surface area contributed by atoms with E-state index in [9.17, 15) is 0 Å². The van der Waals surface area contributed by atoms with E-state index < -0.39 is 4.30 Å². The summed E-state index contributed by atoms with van der Waals surface area (Å²) in [6.45, 7) is 1.93. The van der Waals surface area contributed by atoms with E-state index in [0.29, 0.717) is 0 Å². The van der Waals surface area contributed by atoms with Crippen LogP contribution in [0, 0.1) is 0 Å². The highest BCUT2D eigenvalue weighted by molar-refractivity contribution is 6.63. The maximum atomic E-state index is 7.57.